The minimum atomic E-state index is -1.12. The lowest BCUT2D eigenvalue weighted by molar-refractivity contribution is -0.199. The van der Waals surface area contributed by atoms with Crippen LogP contribution in [0.3, 0.4) is 0 Å². The third-order valence-corrected chi connectivity index (χ3v) is 13.1. The van der Waals surface area contributed by atoms with Crippen molar-refractivity contribution in [1.82, 2.24) is 20.1 Å². The van der Waals surface area contributed by atoms with E-state index in [0.717, 1.165) is 22.2 Å². The van der Waals surface area contributed by atoms with E-state index in [1.54, 1.807) is 30.3 Å². The van der Waals surface area contributed by atoms with Gasteiger partial charge < -0.3 is 19.4 Å². The van der Waals surface area contributed by atoms with Gasteiger partial charge in [0, 0.05) is 60.7 Å². The Morgan fingerprint density at radius 3 is 2.18 bits per heavy atom. The number of ether oxygens (including phenoxy) is 1. The van der Waals surface area contributed by atoms with E-state index in [-0.39, 0.29) is 47.7 Å². The molecule has 2 saturated heterocycles. The maximum Gasteiger partial charge on any atom is 0.262 e. The molecular formula is C47H41ClFN7O6. The monoisotopic (exact) mass is 853 g/mol. The van der Waals surface area contributed by atoms with E-state index in [2.05, 4.69) is 54.6 Å². The lowest BCUT2D eigenvalue weighted by Crippen LogP contribution is -2.74. The third kappa shape index (κ3) is 6.70. The number of anilines is 2. The van der Waals surface area contributed by atoms with Crippen molar-refractivity contribution in [3.8, 4) is 17.6 Å². The van der Waals surface area contributed by atoms with Crippen molar-refractivity contribution in [2.75, 3.05) is 36.0 Å². The number of piperazine rings is 1. The molecule has 5 heterocycles. The molecule has 314 valence electrons. The molecule has 1 N–H and O–H groups in total. The van der Waals surface area contributed by atoms with Crippen LogP contribution in [0, 0.1) is 35.1 Å². The highest BCUT2D eigenvalue weighted by molar-refractivity contribution is 6.33. The highest BCUT2D eigenvalue weighted by Crippen LogP contribution is 2.59. The first-order chi connectivity index (χ1) is 29.6. The fourth-order valence-corrected chi connectivity index (χ4v) is 10.5. The van der Waals surface area contributed by atoms with E-state index in [4.69, 9.17) is 27.9 Å². The summed E-state index contributed by atoms with van der Waals surface area (Å²) in [5.74, 6) is 3.62. The van der Waals surface area contributed by atoms with Gasteiger partial charge in [0.1, 0.15) is 29.4 Å². The summed E-state index contributed by atoms with van der Waals surface area (Å²) in [5.41, 5.74) is 3.28. The fourth-order valence-electron chi connectivity index (χ4n) is 10.3. The number of pyridine rings is 1. The normalized spacial score (nSPS) is 22.3. The van der Waals surface area contributed by atoms with Gasteiger partial charge in [-0.3, -0.25) is 34.2 Å². The molecule has 15 heteroatoms. The number of amides is 5. The van der Waals surface area contributed by atoms with Gasteiger partial charge in [0.2, 0.25) is 17.5 Å². The van der Waals surface area contributed by atoms with E-state index in [1.807, 2.05) is 34.1 Å². The molecule has 13 nitrogen and oxygen atoms in total. The molecule has 3 aromatic carbocycles. The summed E-state index contributed by atoms with van der Waals surface area (Å²) in [6.07, 6.45) is -0.200. The van der Waals surface area contributed by atoms with Crippen LogP contribution in [-0.4, -0.2) is 88.7 Å². The predicted molar refractivity (Wildman–Crippen MR) is 228 cm³/mol. The lowest BCUT2D eigenvalue weighted by atomic mass is 9.49. The minimum absolute atomic E-state index is 0.000628. The molecule has 1 atom stereocenters. The van der Waals surface area contributed by atoms with Gasteiger partial charge in [-0.25, -0.2) is 14.2 Å². The second kappa shape index (κ2) is 15.0. The number of nitrogens with zero attached hydrogens (tertiary/aromatic N) is 6. The summed E-state index contributed by atoms with van der Waals surface area (Å²) in [6.45, 7) is 18.1. The van der Waals surface area contributed by atoms with Crippen molar-refractivity contribution < 1.29 is 33.1 Å². The number of nitrogens with one attached hydrogen (secondary N) is 1. The second-order valence-electron chi connectivity index (χ2n) is 17.5. The Kier molecular flexibility index (Phi) is 9.83. The van der Waals surface area contributed by atoms with E-state index in [9.17, 15) is 24.0 Å². The number of hydrogen-bond acceptors (Lipinski definition) is 9. The Morgan fingerprint density at radius 1 is 0.839 bits per heavy atom. The van der Waals surface area contributed by atoms with Gasteiger partial charge in [0.25, 0.3) is 17.7 Å². The molecule has 1 saturated carbocycles. The van der Waals surface area contributed by atoms with Crippen molar-refractivity contribution in [3.63, 3.8) is 0 Å². The van der Waals surface area contributed by atoms with Crippen molar-refractivity contribution in [2.24, 2.45) is 10.8 Å². The number of fused-ring (bicyclic) bond motifs is 2. The zero-order valence-electron chi connectivity index (χ0n) is 34.4. The number of piperidine rings is 1. The van der Waals surface area contributed by atoms with Crippen molar-refractivity contribution in [3.05, 3.63) is 123 Å². The molecule has 9 rings (SSSR count). The van der Waals surface area contributed by atoms with Crippen LogP contribution in [0.1, 0.15) is 88.6 Å². The summed E-state index contributed by atoms with van der Waals surface area (Å²) in [7, 11) is 0. The van der Waals surface area contributed by atoms with Gasteiger partial charge in [-0.15, -0.1) is 0 Å². The molecule has 1 aromatic heterocycles. The quantitative estimate of drug-likeness (QED) is 0.133. The topological polar surface area (TPSA) is 137 Å². The standard InChI is InChI=1S/C47H41ClFN7O6/c1-46(2)44(47(3,4)45(46)62-29-13-15-35(50-5)33(48)22-29)55-25-36-30(41(55)59)14-10-27(51-36)9-6-26-7-11-28(12-8-26)53-18-20-54(21-19-53)38-24-32-31(23-34(38)49)42(60)56(43(32)61)37-16-17-39(57)52-40(37)58/h7-8,10-15,22-24,37,44-45H,16-21,25H2,1-4H3,(H,52,57,58). The summed E-state index contributed by atoms with van der Waals surface area (Å²) < 4.78 is 21.9. The molecule has 3 fully saturated rings. The predicted octanol–water partition coefficient (Wildman–Crippen LogP) is 6.39. The molecule has 0 radical (unpaired) electrons. The zero-order chi connectivity index (χ0) is 43.8. The maximum absolute atomic E-state index is 15.5. The number of carbonyl (C=O) groups excluding carboxylic acids is 5. The Bertz CT molecular complexity index is 2710. The van der Waals surface area contributed by atoms with Gasteiger partial charge >= 0.3 is 0 Å². The first-order valence-corrected chi connectivity index (χ1v) is 20.8. The molecule has 5 aliphatic rings. The van der Waals surface area contributed by atoms with Crippen LogP contribution in [-0.2, 0) is 16.1 Å². The van der Waals surface area contributed by atoms with Crippen LogP contribution in [0.15, 0.2) is 66.7 Å². The smallest absolute Gasteiger partial charge is 0.262 e. The van der Waals surface area contributed by atoms with Crippen molar-refractivity contribution >= 4 is 58.2 Å². The van der Waals surface area contributed by atoms with Gasteiger partial charge in [-0.1, -0.05) is 51.3 Å². The molecule has 62 heavy (non-hydrogen) atoms. The maximum atomic E-state index is 15.5. The summed E-state index contributed by atoms with van der Waals surface area (Å²) in [4.78, 5) is 79.3. The molecule has 0 spiro atoms. The summed E-state index contributed by atoms with van der Waals surface area (Å²) in [5, 5.41) is 2.51. The van der Waals surface area contributed by atoms with Gasteiger partial charge in [-0.05, 0) is 73.0 Å². The molecule has 1 unspecified atom stereocenters. The van der Waals surface area contributed by atoms with E-state index >= 15 is 4.39 Å². The number of halogens is 2. The van der Waals surface area contributed by atoms with Crippen LogP contribution in [0.5, 0.6) is 5.75 Å². The molecule has 0 bridgehead atoms. The van der Waals surface area contributed by atoms with Crippen LogP contribution >= 0.6 is 11.6 Å². The molecular weight excluding hydrogens is 813 g/mol. The number of aromatic nitrogens is 1. The SMILES string of the molecule is [C-]#[N+]c1ccc(OC2C(C)(C)C(N3Cc4nc(C#Cc5ccc(N6CCN(c7cc8c(cc7F)C(=O)N(C7CCC(=O)NC7=O)C8=O)CC6)cc5)ccc4C3=O)C2(C)C)cc1Cl. The highest BCUT2D eigenvalue weighted by atomic mass is 35.5. The Labute approximate surface area is 362 Å². The number of imide groups is 2. The summed E-state index contributed by atoms with van der Waals surface area (Å²) in [6, 6.07) is 17.6. The number of benzene rings is 3. The van der Waals surface area contributed by atoms with Gasteiger partial charge in [0.05, 0.1) is 46.2 Å². The highest BCUT2D eigenvalue weighted by Gasteiger charge is 2.67. The van der Waals surface area contributed by atoms with E-state index in [1.165, 1.54) is 6.07 Å². The zero-order valence-corrected chi connectivity index (χ0v) is 35.2. The molecule has 5 amide bonds. The minimum Gasteiger partial charge on any atom is -0.489 e. The van der Waals surface area contributed by atoms with Crippen LogP contribution in [0.25, 0.3) is 4.85 Å². The first kappa shape index (κ1) is 40.6. The van der Waals surface area contributed by atoms with Crippen LogP contribution in [0.4, 0.5) is 21.5 Å². The molecule has 4 aromatic rings. The van der Waals surface area contributed by atoms with E-state index < -0.39 is 46.3 Å². The fraction of sp³-hybridized carbons (Fsp3) is 0.340. The van der Waals surface area contributed by atoms with Gasteiger partial charge in [-0.2, -0.15) is 0 Å². The van der Waals surface area contributed by atoms with Crippen molar-refractivity contribution in [1.29, 1.82) is 0 Å². The third-order valence-electron chi connectivity index (χ3n) is 12.8. The molecule has 4 aliphatic heterocycles. The van der Waals surface area contributed by atoms with Gasteiger partial charge in [0.15, 0.2) is 0 Å². The Balaban J connectivity index is 0.819. The van der Waals surface area contributed by atoms with Crippen LogP contribution in [0.2, 0.25) is 5.02 Å². The second-order valence-corrected chi connectivity index (χ2v) is 17.9. The average molecular weight is 854 g/mol. The average Bonchev–Trinajstić information content (AvgIpc) is 3.68. The summed E-state index contributed by atoms with van der Waals surface area (Å²) >= 11 is 6.29. The lowest BCUT2D eigenvalue weighted by Gasteiger charge is -2.65. The van der Waals surface area contributed by atoms with Crippen molar-refractivity contribution in [2.45, 2.75) is 65.3 Å². The first-order valence-electron chi connectivity index (χ1n) is 20.4. The van der Waals surface area contributed by atoms with E-state index in [0.29, 0.717) is 66.1 Å². The number of carbonyl (C=O) groups is 5. The number of hydrogen-bond donors (Lipinski definition) is 1. The molecule has 1 aliphatic carbocycles. The number of rotatable bonds is 6. The largest absolute Gasteiger partial charge is 0.489 e. The Morgan fingerprint density at radius 2 is 1.52 bits per heavy atom. The van der Waals surface area contributed by atoms with Crippen LogP contribution < -0.4 is 19.9 Å². The Hall–Kier alpha value is -6.77.